The molecule has 0 aliphatic carbocycles. The normalized spacial score (nSPS) is 10.5. The molecular formula is C11H11ClN2O2. The first kappa shape index (κ1) is 11.0. The number of benzene rings is 1. The van der Waals surface area contributed by atoms with Gasteiger partial charge < -0.3 is 9.47 Å². The predicted molar refractivity (Wildman–Crippen MR) is 62.4 cm³/mol. The zero-order valence-electron chi connectivity index (χ0n) is 9.24. The third-order valence-corrected chi connectivity index (χ3v) is 2.55. The number of fused-ring (bicyclic) bond motifs is 1. The van der Waals surface area contributed by atoms with Gasteiger partial charge in [-0.05, 0) is 13.0 Å². The van der Waals surface area contributed by atoms with E-state index in [9.17, 15) is 0 Å². The Kier molecular flexibility index (Phi) is 2.83. The number of halogens is 1. The summed E-state index contributed by atoms with van der Waals surface area (Å²) in [4.78, 5) is 8.40. The summed E-state index contributed by atoms with van der Waals surface area (Å²) in [6.45, 7) is 1.79. The molecule has 0 amide bonds. The van der Waals surface area contributed by atoms with Crippen molar-refractivity contribution in [3.8, 4) is 11.5 Å². The highest BCUT2D eigenvalue weighted by molar-refractivity contribution is 6.34. The number of nitrogens with zero attached hydrogens (tertiary/aromatic N) is 2. The van der Waals surface area contributed by atoms with Gasteiger partial charge in [0.25, 0.3) is 0 Å². The zero-order chi connectivity index (χ0) is 11.7. The van der Waals surface area contributed by atoms with Gasteiger partial charge in [-0.1, -0.05) is 11.6 Å². The Morgan fingerprint density at radius 2 is 1.88 bits per heavy atom. The maximum Gasteiger partial charge on any atom is 0.148 e. The van der Waals surface area contributed by atoms with Crippen molar-refractivity contribution in [3.63, 3.8) is 0 Å². The van der Waals surface area contributed by atoms with E-state index in [1.165, 1.54) is 0 Å². The summed E-state index contributed by atoms with van der Waals surface area (Å²) in [5, 5.41) is 1.13. The highest BCUT2D eigenvalue weighted by atomic mass is 35.5. The summed E-state index contributed by atoms with van der Waals surface area (Å²) in [7, 11) is 3.17. The van der Waals surface area contributed by atoms with E-state index in [-0.39, 0.29) is 0 Å². The van der Waals surface area contributed by atoms with Gasteiger partial charge in [0.05, 0.1) is 14.2 Å². The van der Waals surface area contributed by atoms with Gasteiger partial charge in [0.2, 0.25) is 0 Å². The van der Waals surface area contributed by atoms with E-state index in [0.29, 0.717) is 28.0 Å². The Balaban J connectivity index is 2.83. The largest absolute Gasteiger partial charge is 0.497 e. The van der Waals surface area contributed by atoms with Crippen LogP contribution in [-0.2, 0) is 0 Å². The van der Waals surface area contributed by atoms with Crippen LogP contribution in [0.4, 0.5) is 0 Å². The van der Waals surface area contributed by atoms with Crippen LogP contribution in [-0.4, -0.2) is 24.2 Å². The molecule has 5 heteroatoms. The average molecular weight is 239 g/mol. The lowest BCUT2D eigenvalue weighted by molar-refractivity contribution is 0.397. The summed E-state index contributed by atoms with van der Waals surface area (Å²) >= 11 is 6.06. The van der Waals surface area contributed by atoms with Crippen LogP contribution >= 0.6 is 11.6 Å². The average Bonchev–Trinajstić information content (AvgIpc) is 2.28. The Labute approximate surface area is 98.2 Å². The van der Waals surface area contributed by atoms with Gasteiger partial charge in [-0.2, -0.15) is 0 Å². The molecule has 0 atom stereocenters. The predicted octanol–water partition coefficient (Wildman–Crippen LogP) is 2.61. The summed E-state index contributed by atoms with van der Waals surface area (Å²) in [6, 6.07) is 3.56. The minimum Gasteiger partial charge on any atom is -0.497 e. The first-order valence-corrected chi connectivity index (χ1v) is 5.09. The second-order valence-corrected chi connectivity index (χ2v) is 3.65. The molecule has 0 unspecified atom stereocenters. The van der Waals surface area contributed by atoms with Crippen LogP contribution in [0.15, 0.2) is 12.1 Å². The van der Waals surface area contributed by atoms with Crippen LogP contribution in [0, 0.1) is 6.92 Å². The number of hydrogen-bond acceptors (Lipinski definition) is 4. The number of aromatic nitrogens is 2. The number of hydrogen-bond donors (Lipinski definition) is 0. The van der Waals surface area contributed by atoms with Crippen molar-refractivity contribution in [3.05, 3.63) is 23.1 Å². The first-order valence-electron chi connectivity index (χ1n) is 4.71. The SMILES string of the molecule is COc1cc(OC)c2nc(C)nc(Cl)c2c1. The van der Waals surface area contributed by atoms with Crippen molar-refractivity contribution in [2.24, 2.45) is 0 Å². The third kappa shape index (κ3) is 1.76. The monoisotopic (exact) mass is 238 g/mol. The molecule has 2 rings (SSSR count). The number of methoxy groups -OCH3 is 2. The van der Waals surface area contributed by atoms with Crippen molar-refractivity contribution in [2.75, 3.05) is 14.2 Å². The second kappa shape index (κ2) is 4.14. The van der Waals surface area contributed by atoms with Gasteiger partial charge in [-0.3, -0.25) is 0 Å². The van der Waals surface area contributed by atoms with Gasteiger partial charge in [-0.15, -0.1) is 0 Å². The van der Waals surface area contributed by atoms with E-state index >= 15 is 0 Å². The molecule has 0 aliphatic heterocycles. The van der Waals surface area contributed by atoms with Crippen LogP contribution in [0.1, 0.15) is 5.82 Å². The van der Waals surface area contributed by atoms with Gasteiger partial charge in [0.1, 0.15) is 28.0 Å². The van der Waals surface area contributed by atoms with Crippen LogP contribution in [0.25, 0.3) is 10.9 Å². The van der Waals surface area contributed by atoms with E-state index in [4.69, 9.17) is 21.1 Å². The highest BCUT2D eigenvalue weighted by Gasteiger charge is 2.11. The maximum absolute atomic E-state index is 6.06. The lowest BCUT2D eigenvalue weighted by atomic mass is 10.2. The lowest BCUT2D eigenvalue weighted by Crippen LogP contribution is -1.95. The fourth-order valence-corrected chi connectivity index (χ4v) is 1.78. The number of ether oxygens (including phenoxy) is 2. The maximum atomic E-state index is 6.06. The minimum atomic E-state index is 0.403. The van der Waals surface area contributed by atoms with Crippen molar-refractivity contribution in [1.29, 1.82) is 0 Å². The Hall–Kier alpha value is -1.55. The molecule has 0 radical (unpaired) electrons. The molecule has 0 fully saturated rings. The molecule has 0 saturated heterocycles. The number of aryl methyl sites for hydroxylation is 1. The molecular weight excluding hydrogens is 228 g/mol. The van der Waals surface area contributed by atoms with Crippen LogP contribution in [0.5, 0.6) is 11.5 Å². The smallest absolute Gasteiger partial charge is 0.148 e. The molecule has 16 heavy (non-hydrogen) atoms. The minimum absolute atomic E-state index is 0.403. The first-order chi connectivity index (χ1) is 7.65. The summed E-state index contributed by atoms with van der Waals surface area (Å²) in [6.07, 6.45) is 0. The van der Waals surface area contributed by atoms with E-state index in [1.54, 1.807) is 33.3 Å². The number of rotatable bonds is 2. The summed E-state index contributed by atoms with van der Waals surface area (Å²) < 4.78 is 10.4. The molecule has 0 saturated carbocycles. The van der Waals surface area contributed by atoms with Crippen LogP contribution < -0.4 is 9.47 Å². The zero-order valence-corrected chi connectivity index (χ0v) is 10.00. The van der Waals surface area contributed by atoms with Crippen molar-refractivity contribution in [2.45, 2.75) is 6.92 Å². The summed E-state index contributed by atoms with van der Waals surface area (Å²) in [5.74, 6) is 1.90. The Bertz CT molecular complexity index is 543. The Morgan fingerprint density at radius 3 is 2.50 bits per heavy atom. The standard InChI is InChI=1S/C11H11ClN2O2/c1-6-13-10-8(11(12)14-6)4-7(15-2)5-9(10)16-3/h4-5H,1-3H3. The highest BCUT2D eigenvalue weighted by Crippen LogP contribution is 2.32. The second-order valence-electron chi connectivity index (χ2n) is 3.29. The molecule has 2 aromatic rings. The Morgan fingerprint density at radius 1 is 1.12 bits per heavy atom. The van der Waals surface area contributed by atoms with Crippen LogP contribution in [0.3, 0.4) is 0 Å². The third-order valence-electron chi connectivity index (χ3n) is 2.26. The van der Waals surface area contributed by atoms with Crippen LogP contribution in [0.2, 0.25) is 5.15 Å². The lowest BCUT2D eigenvalue weighted by Gasteiger charge is -2.09. The van der Waals surface area contributed by atoms with Crippen molar-refractivity contribution in [1.82, 2.24) is 9.97 Å². The van der Waals surface area contributed by atoms with Gasteiger partial charge in [-0.25, -0.2) is 9.97 Å². The molecule has 1 heterocycles. The molecule has 0 aliphatic rings. The molecule has 0 N–H and O–H groups in total. The quantitative estimate of drug-likeness (QED) is 0.755. The van der Waals surface area contributed by atoms with Gasteiger partial charge in [0, 0.05) is 11.5 Å². The molecule has 0 spiro atoms. The fourth-order valence-electron chi connectivity index (χ4n) is 1.52. The van der Waals surface area contributed by atoms with E-state index < -0.39 is 0 Å². The topological polar surface area (TPSA) is 44.2 Å². The van der Waals surface area contributed by atoms with E-state index in [2.05, 4.69) is 9.97 Å². The van der Waals surface area contributed by atoms with Gasteiger partial charge in [0.15, 0.2) is 0 Å². The molecule has 1 aromatic heterocycles. The molecule has 1 aromatic carbocycles. The van der Waals surface area contributed by atoms with Gasteiger partial charge >= 0.3 is 0 Å². The fraction of sp³-hybridized carbons (Fsp3) is 0.273. The molecule has 0 bridgehead atoms. The van der Waals surface area contributed by atoms with Crippen molar-refractivity contribution >= 4 is 22.5 Å². The van der Waals surface area contributed by atoms with E-state index in [1.807, 2.05) is 0 Å². The van der Waals surface area contributed by atoms with Crippen molar-refractivity contribution < 1.29 is 9.47 Å². The van der Waals surface area contributed by atoms with E-state index in [0.717, 1.165) is 5.39 Å². The molecule has 4 nitrogen and oxygen atoms in total. The molecule has 84 valence electrons. The summed E-state index contributed by atoms with van der Waals surface area (Å²) in [5.41, 5.74) is 0.695.